The van der Waals surface area contributed by atoms with Gasteiger partial charge in [0.25, 0.3) is 5.91 Å². The molecule has 0 bridgehead atoms. The van der Waals surface area contributed by atoms with Crippen molar-refractivity contribution in [2.45, 2.75) is 0 Å². The lowest BCUT2D eigenvalue weighted by molar-refractivity contribution is -0.139. The number of ether oxygens (including phenoxy) is 1. The normalized spacial score (nSPS) is 10.2. The summed E-state index contributed by atoms with van der Waals surface area (Å²) in [5, 5.41) is 9.30. The number of hydrogen-bond donors (Lipinski definition) is 3. The van der Waals surface area contributed by atoms with E-state index in [9.17, 15) is 14.4 Å². The lowest BCUT2D eigenvalue weighted by Gasteiger charge is -2.08. The van der Waals surface area contributed by atoms with Gasteiger partial charge in [-0.05, 0) is 42.0 Å². The number of hydrazone groups is 1. The maximum Gasteiger partial charge on any atom is 0.329 e. The summed E-state index contributed by atoms with van der Waals surface area (Å²) in [6, 6.07) is 13.4. The molecule has 0 fully saturated rings. The SMILES string of the molecule is C=CCNC(=O)C(=O)N/N=C\c1cccc(OCC(=O)Nc2ccc(Cl)cc2)c1. The number of hydrogen-bond acceptors (Lipinski definition) is 5. The number of nitrogens with one attached hydrogen (secondary N) is 3. The monoisotopic (exact) mass is 414 g/mol. The Morgan fingerprint density at radius 2 is 1.86 bits per heavy atom. The minimum absolute atomic E-state index is 0.181. The second-order valence-corrected chi connectivity index (χ2v) is 6.05. The van der Waals surface area contributed by atoms with E-state index < -0.39 is 11.8 Å². The molecule has 0 aliphatic heterocycles. The molecule has 3 amide bonds. The summed E-state index contributed by atoms with van der Waals surface area (Å²) in [5.74, 6) is -1.60. The third-order valence-corrected chi connectivity index (χ3v) is 3.60. The first-order valence-electron chi connectivity index (χ1n) is 8.48. The van der Waals surface area contributed by atoms with Gasteiger partial charge in [0.1, 0.15) is 5.75 Å². The molecule has 0 heterocycles. The van der Waals surface area contributed by atoms with Crippen LogP contribution in [-0.4, -0.2) is 37.1 Å². The lowest BCUT2D eigenvalue weighted by atomic mass is 10.2. The Hall–Kier alpha value is -3.65. The smallest absolute Gasteiger partial charge is 0.329 e. The molecule has 0 radical (unpaired) electrons. The molecule has 150 valence electrons. The van der Waals surface area contributed by atoms with Gasteiger partial charge >= 0.3 is 11.8 Å². The second-order valence-electron chi connectivity index (χ2n) is 5.61. The van der Waals surface area contributed by atoms with Gasteiger partial charge in [-0.3, -0.25) is 14.4 Å². The number of halogens is 1. The van der Waals surface area contributed by atoms with E-state index in [4.69, 9.17) is 16.3 Å². The van der Waals surface area contributed by atoms with Crippen molar-refractivity contribution >= 4 is 41.2 Å². The Labute approximate surface area is 172 Å². The highest BCUT2D eigenvalue weighted by atomic mass is 35.5. The number of nitrogens with zero attached hydrogens (tertiary/aromatic N) is 1. The molecule has 2 aromatic carbocycles. The first kappa shape index (κ1) is 21.6. The summed E-state index contributed by atoms with van der Waals surface area (Å²) < 4.78 is 5.45. The van der Waals surface area contributed by atoms with Crippen LogP contribution in [0, 0.1) is 0 Å². The minimum atomic E-state index is -0.894. The summed E-state index contributed by atoms with van der Waals surface area (Å²) in [6.07, 6.45) is 2.80. The number of amides is 3. The van der Waals surface area contributed by atoms with Gasteiger partial charge < -0.3 is 15.4 Å². The summed E-state index contributed by atoms with van der Waals surface area (Å²) in [4.78, 5) is 34.8. The van der Waals surface area contributed by atoms with Crippen molar-refractivity contribution in [3.05, 3.63) is 71.8 Å². The first-order chi connectivity index (χ1) is 14.0. The number of anilines is 1. The largest absolute Gasteiger partial charge is 0.484 e. The maximum absolute atomic E-state index is 12.0. The van der Waals surface area contributed by atoms with Crippen LogP contribution >= 0.6 is 11.6 Å². The molecule has 0 saturated carbocycles. The second kappa shape index (κ2) is 11.3. The Balaban J connectivity index is 1.83. The first-order valence-corrected chi connectivity index (χ1v) is 8.86. The topological polar surface area (TPSA) is 109 Å². The van der Waals surface area contributed by atoms with Gasteiger partial charge in [0, 0.05) is 17.3 Å². The Bertz CT molecular complexity index is 913. The van der Waals surface area contributed by atoms with Crippen LogP contribution in [0.1, 0.15) is 5.56 Å². The molecule has 8 nitrogen and oxygen atoms in total. The lowest BCUT2D eigenvalue weighted by Crippen LogP contribution is -2.37. The molecule has 9 heteroatoms. The molecule has 0 aromatic heterocycles. The third kappa shape index (κ3) is 7.86. The van der Waals surface area contributed by atoms with Crippen molar-refractivity contribution in [3.63, 3.8) is 0 Å². The van der Waals surface area contributed by atoms with E-state index in [1.165, 1.54) is 12.3 Å². The highest BCUT2D eigenvalue weighted by molar-refractivity contribution is 6.35. The molecule has 0 spiro atoms. The van der Waals surface area contributed by atoms with Crippen molar-refractivity contribution in [2.75, 3.05) is 18.5 Å². The molecule has 0 atom stereocenters. The third-order valence-electron chi connectivity index (χ3n) is 3.35. The van der Waals surface area contributed by atoms with E-state index >= 15 is 0 Å². The molecule has 3 N–H and O–H groups in total. The molecule has 2 rings (SSSR count). The van der Waals surface area contributed by atoms with Gasteiger partial charge in [0.15, 0.2) is 6.61 Å². The number of carbonyl (C=O) groups excluding carboxylic acids is 3. The summed E-state index contributed by atoms with van der Waals surface area (Å²) >= 11 is 5.80. The van der Waals surface area contributed by atoms with Gasteiger partial charge in [-0.15, -0.1) is 6.58 Å². The molecular formula is C20H19ClN4O4. The number of carbonyl (C=O) groups is 3. The average molecular weight is 415 g/mol. The molecule has 0 saturated heterocycles. The molecule has 0 aliphatic carbocycles. The van der Waals surface area contributed by atoms with Crippen LogP contribution in [0.5, 0.6) is 5.75 Å². The van der Waals surface area contributed by atoms with Crippen LogP contribution < -0.4 is 20.8 Å². The van der Waals surface area contributed by atoms with E-state index in [1.54, 1.807) is 48.5 Å². The number of rotatable bonds is 8. The van der Waals surface area contributed by atoms with Crippen molar-refractivity contribution in [3.8, 4) is 5.75 Å². The summed E-state index contributed by atoms with van der Waals surface area (Å²) in [6.45, 7) is 3.42. The van der Waals surface area contributed by atoms with E-state index in [-0.39, 0.29) is 19.1 Å². The van der Waals surface area contributed by atoms with Crippen molar-refractivity contribution < 1.29 is 19.1 Å². The van der Waals surface area contributed by atoms with Gasteiger partial charge in [-0.25, -0.2) is 5.43 Å². The zero-order valence-corrected chi connectivity index (χ0v) is 16.1. The summed E-state index contributed by atoms with van der Waals surface area (Å²) in [7, 11) is 0. The standard InChI is InChI=1S/C20H19ClN4O4/c1-2-10-22-19(27)20(28)25-23-12-14-4-3-5-17(11-14)29-13-18(26)24-16-8-6-15(21)7-9-16/h2-9,11-12H,1,10,13H2,(H,22,27)(H,24,26)(H,25,28)/b23-12-. The van der Waals surface area contributed by atoms with Crippen LogP contribution in [0.25, 0.3) is 0 Å². The van der Waals surface area contributed by atoms with Crippen molar-refractivity contribution in [1.82, 2.24) is 10.7 Å². The molecule has 29 heavy (non-hydrogen) atoms. The van der Waals surface area contributed by atoms with Crippen LogP contribution in [0.15, 0.2) is 66.3 Å². The zero-order valence-electron chi connectivity index (χ0n) is 15.4. The van der Waals surface area contributed by atoms with Gasteiger partial charge in [0.05, 0.1) is 6.21 Å². The van der Waals surface area contributed by atoms with E-state index in [0.717, 1.165) is 0 Å². The zero-order chi connectivity index (χ0) is 21.1. The molecule has 2 aromatic rings. The molecular weight excluding hydrogens is 396 g/mol. The van der Waals surface area contributed by atoms with Crippen LogP contribution in [-0.2, 0) is 14.4 Å². The fourth-order valence-electron chi connectivity index (χ4n) is 2.03. The van der Waals surface area contributed by atoms with Crippen LogP contribution in [0.2, 0.25) is 5.02 Å². The highest BCUT2D eigenvalue weighted by Crippen LogP contribution is 2.14. The van der Waals surface area contributed by atoms with Crippen molar-refractivity contribution in [2.24, 2.45) is 5.10 Å². The molecule has 0 unspecified atom stereocenters. The highest BCUT2D eigenvalue weighted by Gasteiger charge is 2.10. The Kier molecular flexibility index (Phi) is 8.40. The molecule has 0 aliphatic rings. The predicted octanol–water partition coefficient (Wildman–Crippen LogP) is 2.11. The van der Waals surface area contributed by atoms with E-state index in [1.807, 2.05) is 0 Å². The maximum atomic E-state index is 12.0. The number of benzene rings is 2. The van der Waals surface area contributed by atoms with Gasteiger partial charge in [0.2, 0.25) is 0 Å². The Morgan fingerprint density at radius 3 is 2.59 bits per heavy atom. The Morgan fingerprint density at radius 1 is 1.10 bits per heavy atom. The van der Waals surface area contributed by atoms with Crippen molar-refractivity contribution in [1.29, 1.82) is 0 Å². The van der Waals surface area contributed by atoms with Crippen LogP contribution in [0.3, 0.4) is 0 Å². The average Bonchev–Trinajstić information content (AvgIpc) is 2.72. The fourth-order valence-corrected chi connectivity index (χ4v) is 2.15. The predicted molar refractivity (Wildman–Crippen MR) is 111 cm³/mol. The summed E-state index contributed by atoms with van der Waals surface area (Å²) in [5.41, 5.74) is 3.32. The van der Waals surface area contributed by atoms with Crippen LogP contribution in [0.4, 0.5) is 5.69 Å². The fraction of sp³-hybridized carbons (Fsp3) is 0.100. The van der Waals surface area contributed by atoms with Gasteiger partial charge in [-0.1, -0.05) is 29.8 Å². The van der Waals surface area contributed by atoms with E-state index in [0.29, 0.717) is 22.0 Å². The van der Waals surface area contributed by atoms with Gasteiger partial charge in [-0.2, -0.15) is 5.10 Å². The van der Waals surface area contributed by atoms with E-state index in [2.05, 4.69) is 27.7 Å². The minimum Gasteiger partial charge on any atom is -0.484 e. The quantitative estimate of drug-likeness (QED) is 0.266.